The number of likely N-dealkylation sites (tertiary alicyclic amines) is 1. The van der Waals surface area contributed by atoms with Crippen LogP contribution in [0.3, 0.4) is 0 Å². The van der Waals surface area contributed by atoms with Crippen molar-refractivity contribution in [3.05, 3.63) is 76.4 Å². The van der Waals surface area contributed by atoms with E-state index in [1.807, 2.05) is 60.6 Å². The van der Waals surface area contributed by atoms with Gasteiger partial charge in [-0.25, -0.2) is 0 Å². The molecule has 2 unspecified atom stereocenters. The molecule has 1 saturated heterocycles. The predicted octanol–water partition coefficient (Wildman–Crippen LogP) is 3.42. The summed E-state index contributed by atoms with van der Waals surface area (Å²) in [6.45, 7) is 1.79. The second-order valence-corrected chi connectivity index (χ2v) is 7.44. The standard InChI is InChI=1S/C23H21N5/c1-27-14-20(11-16-3-5-17(12-24)6-4-16)22-21(15-27)23(28(2)26-22)19-9-7-18(13-25)8-10-19/h3-11,21,23H,14-15H2,1-2H3/b20-11+. The van der Waals surface area contributed by atoms with Crippen LogP contribution in [0, 0.1) is 28.6 Å². The van der Waals surface area contributed by atoms with Crippen molar-refractivity contribution in [2.24, 2.45) is 11.0 Å². The van der Waals surface area contributed by atoms with Gasteiger partial charge < -0.3 is 4.90 Å². The van der Waals surface area contributed by atoms with E-state index in [-0.39, 0.29) is 12.0 Å². The molecule has 2 aromatic rings. The highest BCUT2D eigenvalue weighted by Gasteiger charge is 2.41. The largest absolute Gasteiger partial charge is 0.301 e. The van der Waals surface area contributed by atoms with Crippen molar-refractivity contribution in [3.63, 3.8) is 0 Å². The number of hydrogen-bond acceptors (Lipinski definition) is 5. The van der Waals surface area contributed by atoms with E-state index in [1.54, 1.807) is 0 Å². The molecule has 28 heavy (non-hydrogen) atoms. The Hall–Kier alpha value is -3.41. The Morgan fingerprint density at radius 3 is 2.18 bits per heavy atom. The minimum Gasteiger partial charge on any atom is -0.301 e. The third kappa shape index (κ3) is 3.29. The molecule has 4 rings (SSSR count). The fourth-order valence-electron chi connectivity index (χ4n) is 4.15. The van der Waals surface area contributed by atoms with Crippen LogP contribution in [-0.4, -0.2) is 42.8 Å². The molecular formula is C23H21N5. The summed E-state index contributed by atoms with van der Waals surface area (Å²) >= 11 is 0. The van der Waals surface area contributed by atoms with Gasteiger partial charge in [-0.2, -0.15) is 15.6 Å². The second-order valence-electron chi connectivity index (χ2n) is 7.44. The predicted molar refractivity (Wildman–Crippen MR) is 109 cm³/mol. The van der Waals surface area contributed by atoms with E-state index in [1.165, 1.54) is 11.1 Å². The molecule has 0 saturated carbocycles. The van der Waals surface area contributed by atoms with Crippen LogP contribution in [0.2, 0.25) is 0 Å². The molecule has 2 aliphatic rings. The normalized spacial score (nSPS) is 23.1. The summed E-state index contributed by atoms with van der Waals surface area (Å²) < 4.78 is 0. The zero-order valence-electron chi connectivity index (χ0n) is 16.0. The molecule has 5 heteroatoms. The molecule has 5 nitrogen and oxygen atoms in total. The Kier molecular flexibility index (Phi) is 4.69. The third-order valence-electron chi connectivity index (χ3n) is 5.44. The first-order valence-electron chi connectivity index (χ1n) is 9.30. The molecule has 2 aliphatic heterocycles. The van der Waals surface area contributed by atoms with E-state index in [4.69, 9.17) is 15.6 Å². The molecule has 0 amide bonds. The molecular weight excluding hydrogens is 346 g/mol. The zero-order valence-corrected chi connectivity index (χ0v) is 16.0. The Balaban J connectivity index is 1.67. The number of benzene rings is 2. The van der Waals surface area contributed by atoms with Gasteiger partial charge in [0.25, 0.3) is 0 Å². The van der Waals surface area contributed by atoms with Crippen molar-refractivity contribution in [2.45, 2.75) is 6.04 Å². The van der Waals surface area contributed by atoms with Gasteiger partial charge in [-0.3, -0.25) is 5.01 Å². The Morgan fingerprint density at radius 1 is 0.964 bits per heavy atom. The lowest BCUT2D eigenvalue weighted by Gasteiger charge is -2.34. The number of nitrogens with zero attached hydrogens (tertiary/aromatic N) is 5. The van der Waals surface area contributed by atoms with E-state index >= 15 is 0 Å². The zero-order chi connectivity index (χ0) is 19.7. The van der Waals surface area contributed by atoms with Crippen LogP contribution in [0.15, 0.2) is 59.2 Å². The van der Waals surface area contributed by atoms with Gasteiger partial charge in [-0.15, -0.1) is 0 Å². The fourth-order valence-corrected chi connectivity index (χ4v) is 4.15. The Labute approximate surface area is 165 Å². The first-order chi connectivity index (χ1) is 13.6. The number of likely N-dealkylation sites (N-methyl/N-ethyl adjacent to an activating group) is 1. The minimum absolute atomic E-state index is 0.162. The maximum atomic E-state index is 9.06. The van der Waals surface area contributed by atoms with Crippen LogP contribution in [0.1, 0.15) is 28.3 Å². The van der Waals surface area contributed by atoms with Gasteiger partial charge in [0.2, 0.25) is 0 Å². The van der Waals surface area contributed by atoms with Crippen molar-refractivity contribution in [2.75, 3.05) is 27.2 Å². The highest BCUT2D eigenvalue weighted by Crippen LogP contribution is 2.39. The van der Waals surface area contributed by atoms with E-state index in [9.17, 15) is 0 Å². The molecule has 1 fully saturated rings. The van der Waals surface area contributed by atoms with Crippen LogP contribution in [0.4, 0.5) is 0 Å². The summed E-state index contributed by atoms with van der Waals surface area (Å²) in [6.07, 6.45) is 2.18. The molecule has 0 N–H and O–H groups in total. The number of hydrogen-bond donors (Lipinski definition) is 0. The van der Waals surface area contributed by atoms with Crippen molar-refractivity contribution in [1.29, 1.82) is 10.5 Å². The summed E-state index contributed by atoms with van der Waals surface area (Å²) in [5.41, 5.74) is 5.95. The summed E-state index contributed by atoms with van der Waals surface area (Å²) in [4.78, 5) is 2.33. The second kappa shape index (κ2) is 7.31. The first-order valence-corrected chi connectivity index (χ1v) is 9.30. The van der Waals surface area contributed by atoms with E-state index in [0.29, 0.717) is 11.1 Å². The van der Waals surface area contributed by atoms with E-state index in [0.717, 1.165) is 24.4 Å². The highest BCUT2D eigenvalue weighted by molar-refractivity contribution is 6.07. The first kappa shape index (κ1) is 18.0. The number of nitriles is 2. The molecule has 0 bridgehead atoms. The lowest BCUT2D eigenvalue weighted by atomic mass is 9.83. The monoisotopic (exact) mass is 367 g/mol. The van der Waals surface area contributed by atoms with Gasteiger partial charge in [0.1, 0.15) is 0 Å². The van der Waals surface area contributed by atoms with Crippen LogP contribution < -0.4 is 0 Å². The van der Waals surface area contributed by atoms with Crippen LogP contribution >= 0.6 is 0 Å². The SMILES string of the molecule is CN1C/C(=C\c2ccc(C#N)cc2)C2=NN(C)C(c3ccc(C#N)cc3)C2C1. The topological polar surface area (TPSA) is 66.4 Å². The minimum atomic E-state index is 0.162. The average Bonchev–Trinajstić information content (AvgIpc) is 3.04. The number of rotatable bonds is 2. The molecule has 0 radical (unpaired) electrons. The van der Waals surface area contributed by atoms with Crippen LogP contribution in [0.5, 0.6) is 0 Å². The molecule has 0 aliphatic carbocycles. The van der Waals surface area contributed by atoms with Crippen molar-refractivity contribution >= 4 is 11.8 Å². The van der Waals surface area contributed by atoms with Crippen molar-refractivity contribution in [3.8, 4) is 12.1 Å². The smallest absolute Gasteiger partial charge is 0.0991 e. The number of piperidine rings is 1. The quantitative estimate of drug-likeness (QED) is 0.816. The van der Waals surface area contributed by atoms with Gasteiger partial charge >= 0.3 is 0 Å². The molecule has 0 spiro atoms. The van der Waals surface area contributed by atoms with Gasteiger partial charge in [0.15, 0.2) is 0 Å². The van der Waals surface area contributed by atoms with Gasteiger partial charge in [0, 0.05) is 26.1 Å². The fraction of sp³-hybridized carbons (Fsp3) is 0.261. The van der Waals surface area contributed by atoms with Crippen LogP contribution in [0.25, 0.3) is 6.08 Å². The highest BCUT2D eigenvalue weighted by atomic mass is 15.5. The maximum Gasteiger partial charge on any atom is 0.0991 e. The average molecular weight is 367 g/mol. The van der Waals surface area contributed by atoms with Gasteiger partial charge in [0.05, 0.1) is 35.0 Å². The third-order valence-corrected chi connectivity index (χ3v) is 5.44. The van der Waals surface area contributed by atoms with Crippen LogP contribution in [-0.2, 0) is 0 Å². The van der Waals surface area contributed by atoms with Gasteiger partial charge in [-0.05, 0) is 54.1 Å². The summed E-state index contributed by atoms with van der Waals surface area (Å²) in [5.74, 6) is 0.279. The number of hydrazone groups is 1. The molecule has 2 aromatic carbocycles. The molecule has 2 atom stereocenters. The maximum absolute atomic E-state index is 9.06. The molecule has 2 heterocycles. The summed E-state index contributed by atoms with van der Waals surface area (Å²) in [5, 5.41) is 25.0. The Morgan fingerprint density at radius 2 is 1.57 bits per heavy atom. The summed E-state index contributed by atoms with van der Waals surface area (Å²) in [7, 11) is 4.16. The molecule has 0 aromatic heterocycles. The molecule has 138 valence electrons. The lowest BCUT2D eigenvalue weighted by Crippen LogP contribution is -2.41. The summed E-state index contributed by atoms with van der Waals surface area (Å²) in [6, 6.07) is 20.0. The van der Waals surface area contributed by atoms with Gasteiger partial charge in [-0.1, -0.05) is 24.3 Å². The van der Waals surface area contributed by atoms with Crippen molar-refractivity contribution in [1.82, 2.24) is 9.91 Å². The number of fused-ring (bicyclic) bond motifs is 1. The van der Waals surface area contributed by atoms with E-state index < -0.39 is 0 Å². The lowest BCUT2D eigenvalue weighted by molar-refractivity contribution is 0.211. The van der Waals surface area contributed by atoms with E-state index in [2.05, 4.69) is 30.2 Å². The van der Waals surface area contributed by atoms with Crippen molar-refractivity contribution < 1.29 is 0 Å². The Bertz CT molecular complexity index is 1020.